The average Bonchev–Trinajstić information content (AvgIpc) is 2.81. The zero-order valence-corrected chi connectivity index (χ0v) is 10.2. The summed E-state index contributed by atoms with van der Waals surface area (Å²) in [7, 11) is 1.86. The zero-order valence-electron chi connectivity index (χ0n) is 10.2. The summed E-state index contributed by atoms with van der Waals surface area (Å²) >= 11 is 0. The zero-order chi connectivity index (χ0) is 13.7. The van der Waals surface area contributed by atoms with Gasteiger partial charge in [-0.1, -0.05) is 5.92 Å². The second-order valence-electron chi connectivity index (χ2n) is 3.77. The Bertz CT molecular complexity index is 719. The van der Waals surface area contributed by atoms with Crippen LogP contribution < -0.4 is 0 Å². The molecule has 0 radical (unpaired) electrons. The van der Waals surface area contributed by atoms with Gasteiger partial charge in [0.25, 0.3) is 0 Å². The fourth-order valence-electron chi connectivity index (χ4n) is 1.37. The van der Waals surface area contributed by atoms with E-state index >= 15 is 0 Å². The molecule has 1 aromatic carbocycles. The van der Waals surface area contributed by atoms with Crippen molar-refractivity contribution in [3.63, 3.8) is 0 Å². The summed E-state index contributed by atoms with van der Waals surface area (Å²) in [5, 5.41) is 8.75. The molecule has 19 heavy (non-hydrogen) atoms. The molecular weight excluding hydrogens is 240 g/mol. The fraction of sp³-hybridized carbons (Fsp3) is 0.0667. The van der Waals surface area contributed by atoms with E-state index < -0.39 is 5.97 Å². The highest BCUT2D eigenvalue weighted by Gasteiger charge is 1.99. The van der Waals surface area contributed by atoms with Crippen LogP contribution in [0.15, 0.2) is 36.8 Å². The van der Waals surface area contributed by atoms with Gasteiger partial charge in [-0.25, -0.2) is 9.78 Å². The van der Waals surface area contributed by atoms with Crippen LogP contribution in [0, 0.1) is 23.7 Å². The molecule has 0 atom stereocenters. The van der Waals surface area contributed by atoms with Crippen molar-refractivity contribution in [2.75, 3.05) is 0 Å². The van der Waals surface area contributed by atoms with E-state index in [0.717, 1.165) is 11.3 Å². The average molecular weight is 250 g/mol. The molecular formula is C15H10N2O2. The maximum Gasteiger partial charge on any atom is 0.335 e. The number of imidazole rings is 1. The van der Waals surface area contributed by atoms with Gasteiger partial charge in [0.05, 0.1) is 18.1 Å². The third-order valence-electron chi connectivity index (χ3n) is 2.41. The lowest BCUT2D eigenvalue weighted by Crippen LogP contribution is -1.94. The Morgan fingerprint density at radius 3 is 2.47 bits per heavy atom. The first-order valence-corrected chi connectivity index (χ1v) is 5.48. The van der Waals surface area contributed by atoms with Crippen molar-refractivity contribution in [3.05, 3.63) is 53.6 Å². The summed E-state index contributed by atoms with van der Waals surface area (Å²) in [6.45, 7) is 0. The molecule has 4 heteroatoms. The SMILES string of the molecule is Cn1cncc1C#CC#Cc1ccc(C(=O)O)cc1. The Kier molecular flexibility index (Phi) is 3.66. The Morgan fingerprint density at radius 2 is 1.89 bits per heavy atom. The Balaban J connectivity index is 2.11. The number of benzene rings is 1. The molecule has 0 unspecified atom stereocenters. The fourth-order valence-corrected chi connectivity index (χ4v) is 1.37. The maximum absolute atomic E-state index is 10.7. The maximum atomic E-state index is 10.7. The van der Waals surface area contributed by atoms with E-state index in [2.05, 4.69) is 28.7 Å². The van der Waals surface area contributed by atoms with Gasteiger partial charge in [-0.05, 0) is 42.0 Å². The van der Waals surface area contributed by atoms with Gasteiger partial charge in [0.15, 0.2) is 0 Å². The minimum absolute atomic E-state index is 0.242. The van der Waals surface area contributed by atoms with Crippen molar-refractivity contribution < 1.29 is 9.90 Å². The van der Waals surface area contributed by atoms with Gasteiger partial charge in [0.2, 0.25) is 0 Å². The Hall–Kier alpha value is -2.98. The number of carbonyl (C=O) groups is 1. The van der Waals surface area contributed by atoms with Crippen LogP contribution in [0.3, 0.4) is 0 Å². The smallest absolute Gasteiger partial charge is 0.335 e. The van der Waals surface area contributed by atoms with Crippen LogP contribution in [0.4, 0.5) is 0 Å². The summed E-state index contributed by atoms with van der Waals surface area (Å²) in [6, 6.07) is 6.34. The molecule has 0 aliphatic heterocycles. The van der Waals surface area contributed by atoms with Gasteiger partial charge < -0.3 is 9.67 Å². The topological polar surface area (TPSA) is 55.1 Å². The normalized spacial score (nSPS) is 8.89. The third kappa shape index (κ3) is 3.24. The first-order chi connectivity index (χ1) is 9.16. The van der Waals surface area contributed by atoms with Gasteiger partial charge in [-0.3, -0.25) is 0 Å². The second kappa shape index (κ2) is 5.57. The lowest BCUT2D eigenvalue weighted by atomic mass is 10.1. The number of rotatable bonds is 1. The molecule has 0 saturated carbocycles. The summed E-state index contributed by atoms with van der Waals surface area (Å²) in [4.78, 5) is 14.6. The standard InChI is InChI=1S/C15H10N2O2/c1-17-11-16-10-14(17)5-3-2-4-12-6-8-13(9-7-12)15(18)19/h6-11H,1H3,(H,18,19). The highest BCUT2D eigenvalue weighted by molar-refractivity contribution is 5.87. The highest BCUT2D eigenvalue weighted by atomic mass is 16.4. The predicted molar refractivity (Wildman–Crippen MR) is 70.4 cm³/mol. The molecule has 2 rings (SSSR count). The van der Waals surface area contributed by atoms with E-state index in [1.54, 1.807) is 29.2 Å². The molecule has 0 aliphatic rings. The molecule has 1 heterocycles. The number of carboxylic acids is 1. The van der Waals surface area contributed by atoms with E-state index in [0.29, 0.717) is 0 Å². The van der Waals surface area contributed by atoms with E-state index in [-0.39, 0.29) is 5.56 Å². The van der Waals surface area contributed by atoms with Crippen LogP contribution in [0.5, 0.6) is 0 Å². The largest absolute Gasteiger partial charge is 0.478 e. The molecule has 92 valence electrons. The van der Waals surface area contributed by atoms with Gasteiger partial charge in [0.1, 0.15) is 5.69 Å². The minimum Gasteiger partial charge on any atom is -0.478 e. The summed E-state index contributed by atoms with van der Waals surface area (Å²) in [5.41, 5.74) is 1.76. The van der Waals surface area contributed by atoms with E-state index in [1.807, 2.05) is 7.05 Å². The lowest BCUT2D eigenvalue weighted by molar-refractivity contribution is 0.0697. The molecule has 0 bridgehead atoms. The quantitative estimate of drug-likeness (QED) is 0.781. The van der Waals surface area contributed by atoms with Crippen molar-refractivity contribution >= 4 is 5.97 Å². The monoisotopic (exact) mass is 250 g/mol. The number of carboxylic acid groups (broad SMARTS) is 1. The molecule has 1 N–H and O–H groups in total. The van der Waals surface area contributed by atoms with E-state index in [1.165, 1.54) is 12.1 Å². The molecule has 1 aromatic heterocycles. The van der Waals surface area contributed by atoms with Crippen molar-refractivity contribution in [1.29, 1.82) is 0 Å². The van der Waals surface area contributed by atoms with Crippen LogP contribution in [0.25, 0.3) is 0 Å². The van der Waals surface area contributed by atoms with Crippen LogP contribution >= 0.6 is 0 Å². The molecule has 0 spiro atoms. The van der Waals surface area contributed by atoms with Crippen molar-refractivity contribution in [2.24, 2.45) is 7.05 Å². The van der Waals surface area contributed by atoms with E-state index in [4.69, 9.17) is 5.11 Å². The first kappa shape index (κ1) is 12.5. The molecule has 0 saturated heterocycles. The van der Waals surface area contributed by atoms with Crippen molar-refractivity contribution in [1.82, 2.24) is 9.55 Å². The summed E-state index contributed by atoms with van der Waals surface area (Å²) in [6.07, 6.45) is 3.33. The summed E-state index contributed by atoms with van der Waals surface area (Å²) in [5.74, 6) is 10.2. The highest BCUT2D eigenvalue weighted by Crippen LogP contribution is 2.02. The van der Waals surface area contributed by atoms with Crippen LogP contribution in [0.1, 0.15) is 21.6 Å². The van der Waals surface area contributed by atoms with Gasteiger partial charge >= 0.3 is 5.97 Å². The number of hydrogen-bond donors (Lipinski definition) is 1. The number of hydrogen-bond acceptors (Lipinski definition) is 2. The molecule has 0 aliphatic carbocycles. The number of aryl methyl sites for hydroxylation is 1. The first-order valence-electron chi connectivity index (χ1n) is 5.48. The predicted octanol–water partition coefficient (Wildman–Crippen LogP) is 1.52. The van der Waals surface area contributed by atoms with Crippen LogP contribution in [0.2, 0.25) is 0 Å². The Labute approximate surface area is 110 Å². The Morgan fingerprint density at radius 1 is 1.21 bits per heavy atom. The van der Waals surface area contributed by atoms with Crippen molar-refractivity contribution in [3.8, 4) is 23.7 Å². The number of aromatic carboxylic acids is 1. The summed E-state index contributed by atoms with van der Waals surface area (Å²) < 4.78 is 1.80. The molecule has 4 nitrogen and oxygen atoms in total. The number of aromatic nitrogens is 2. The minimum atomic E-state index is -0.949. The molecule has 2 aromatic rings. The molecule has 0 amide bonds. The lowest BCUT2D eigenvalue weighted by Gasteiger charge is -1.92. The van der Waals surface area contributed by atoms with Crippen LogP contribution in [-0.2, 0) is 7.05 Å². The van der Waals surface area contributed by atoms with Gasteiger partial charge in [-0.2, -0.15) is 0 Å². The van der Waals surface area contributed by atoms with Crippen LogP contribution in [-0.4, -0.2) is 20.6 Å². The van der Waals surface area contributed by atoms with Crippen molar-refractivity contribution in [2.45, 2.75) is 0 Å². The molecule has 0 fully saturated rings. The van der Waals surface area contributed by atoms with Gasteiger partial charge in [0, 0.05) is 12.6 Å². The third-order valence-corrected chi connectivity index (χ3v) is 2.41. The number of nitrogens with zero attached hydrogens (tertiary/aromatic N) is 2. The van der Waals surface area contributed by atoms with E-state index in [9.17, 15) is 4.79 Å². The van der Waals surface area contributed by atoms with Gasteiger partial charge in [-0.15, -0.1) is 0 Å². The second-order valence-corrected chi connectivity index (χ2v) is 3.77.